The fourth-order valence-electron chi connectivity index (χ4n) is 1.27. The highest BCUT2D eigenvalue weighted by atomic mass is 32.2. The summed E-state index contributed by atoms with van der Waals surface area (Å²) in [5.41, 5.74) is 2.05. The molecule has 0 spiro atoms. The first-order chi connectivity index (χ1) is 6.29. The molecule has 0 saturated carbocycles. The summed E-state index contributed by atoms with van der Waals surface area (Å²) in [4.78, 5) is 0. The lowest BCUT2D eigenvalue weighted by molar-refractivity contribution is 0.384. The first kappa shape index (κ1) is 8.56. The Morgan fingerprint density at radius 3 is 3.23 bits per heavy atom. The number of fused-ring (bicyclic) bond motifs is 1. The van der Waals surface area contributed by atoms with E-state index >= 15 is 0 Å². The highest BCUT2D eigenvalue weighted by Gasteiger charge is 2.14. The van der Waals surface area contributed by atoms with E-state index in [0.717, 1.165) is 17.9 Å². The number of rotatable bonds is 1. The van der Waals surface area contributed by atoms with Crippen molar-refractivity contribution in [2.24, 2.45) is 0 Å². The zero-order chi connectivity index (χ0) is 9.26. The molecule has 13 heavy (non-hydrogen) atoms. The van der Waals surface area contributed by atoms with Crippen LogP contribution in [0.3, 0.4) is 0 Å². The maximum atomic E-state index is 11.1. The van der Waals surface area contributed by atoms with Crippen molar-refractivity contribution in [2.75, 3.05) is 10.7 Å². The van der Waals surface area contributed by atoms with Gasteiger partial charge in [0.1, 0.15) is 5.75 Å². The van der Waals surface area contributed by atoms with Gasteiger partial charge in [-0.25, -0.2) is 4.21 Å². The Bertz CT molecular complexity index is 351. The van der Waals surface area contributed by atoms with Crippen molar-refractivity contribution < 1.29 is 8.95 Å². The Morgan fingerprint density at radius 2 is 2.46 bits per heavy atom. The molecule has 1 unspecified atom stereocenters. The Balaban J connectivity index is 2.38. The van der Waals surface area contributed by atoms with E-state index in [0.29, 0.717) is 0 Å². The maximum absolute atomic E-state index is 11.1. The summed E-state index contributed by atoms with van der Waals surface area (Å²) >= 11 is 0. The summed E-state index contributed by atoms with van der Waals surface area (Å²) < 4.78 is 19.3. The normalized spacial score (nSPS) is 19.9. The van der Waals surface area contributed by atoms with Gasteiger partial charge in [-0.2, -0.15) is 0 Å². The van der Waals surface area contributed by atoms with Crippen LogP contribution in [0, 0.1) is 0 Å². The van der Waals surface area contributed by atoms with Gasteiger partial charge >= 0.3 is 0 Å². The third-order valence-electron chi connectivity index (χ3n) is 2.00. The molecule has 1 aliphatic rings. The van der Waals surface area contributed by atoms with E-state index in [2.05, 4.69) is 11.6 Å². The molecule has 4 heteroatoms. The Kier molecular flexibility index (Phi) is 2.22. The van der Waals surface area contributed by atoms with Gasteiger partial charge in [0.2, 0.25) is 0 Å². The molecule has 2 rings (SSSR count). The van der Waals surface area contributed by atoms with Crippen LogP contribution in [0.1, 0.15) is 12.5 Å². The minimum absolute atomic E-state index is 0.235. The lowest BCUT2D eigenvalue weighted by Crippen LogP contribution is -2.19. The van der Waals surface area contributed by atoms with Crippen molar-refractivity contribution in [3.8, 4) is 5.75 Å². The van der Waals surface area contributed by atoms with Gasteiger partial charge in [0, 0.05) is 0 Å². The lowest BCUT2D eigenvalue weighted by atomic mass is 10.1. The van der Waals surface area contributed by atoms with E-state index in [1.54, 1.807) is 0 Å². The topological polar surface area (TPSA) is 38.3 Å². The molecule has 70 valence electrons. The van der Waals surface area contributed by atoms with Crippen LogP contribution in [0.4, 0.5) is 5.69 Å². The van der Waals surface area contributed by atoms with E-state index in [9.17, 15) is 4.21 Å². The van der Waals surface area contributed by atoms with Gasteiger partial charge in [0.15, 0.2) is 16.9 Å². The number of anilines is 1. The molecule has 1 atom stereocenters. The quantitative estimate of drug-likeness (QED) is 0.743. The van der Waals surface area contributed by atoms with Crippen LogP contribution >= 0.6 is 0 Å². The van der Waals surface area contributed by atoms with Crippen LogP contribution in [-0.2, 0) is 17.4 Å². The van der Waals surface area contributed by atoms with Gasteiger partial charge in [-0.1, -0.05) is 13.0 Å². The largest absolute Gasteiger partial charge is 0.476 e. The smallest absolute Gasteiger partial charge is 0.182 e. The van der Waals surface area contributed by atoms with Crippen molar-refractivity contribution in [3.05, 3.63) is 23.8 Å². The van der Waals surface area contributed by atoms with Crippen LogP contribution in [0.15, 0.2) is 18.2 Å². The SMILES string of the molecule is CCc1ccc2c(c1)NS(=O)CO2. The number of benzene rings is 1. The summed E-state index contributed by atoms with van der Waals surface area (Å²) in [7, 11) is -1.08. The van der Waals surface area contributed by atoms with E-state index < -0.39 is 11.0 Å². The molecular formula is C9H11NO2S. The highest BCUT2D eigenvalue weighted by molar-refractivity contribution is 7.86. The summed E-state index contributed by atoms with van der Waals surface area (Å²) in [5, 5.41) is 0. The van der Waals surface area contributed by atoms with Gasteiger partial charge in [-0.15, -0.1) is 0 Å². The Labute approximate surface area is 79.7 Å². The second kappa shape index (κ2) is 3.38. The average Bonchev–Trinajstić information content (AvgIpc) is 2.16. The second-order valence-corrected chi connectivity index (χ2v) is 4.02. The van der Waals surface area contributed by atoms with Gasteiger partial charge < -0.3 is 4.74 Å². The standard InChI is InChI=1S/C9H11NO2S/c1-2-7-3-4-9-8(5-7)10-13(11)6-12-9/h3-5,10H,2,6H2,1H3. The molecule has 0 aliphatic carbocycles. The number of aryl methyl sites for hydroxylation is 1. The number of hydrogen-bond acceptors (Lipinski definition) is 2. The molecule has 3 nitrogen and oxygen atoms in total. The minimum atomic E-state index is -1.08. The molecule has 0 fully saturated rings. The monoisotopic (exact) mass is 197 g/mol. The zero-order valence-electron chi connectivity index (χ0n) is 7.37. The second-order valence-electron chi connectivity index (χ2n) is 2.89. The van der Waals surface area contributed by atoms with Gasteiger partial charge in [0.25, 0.3) is 0 Å². The molecule has 0 saturated heterocycles. The van der Waals surface area contributed by atoms with Crippen molar-refractivity contribution >= 4 is 16.7 Å². The molecule has 1 aliphatic heterocycles. The molecular weight excluding hydrogens is 186 g/mol. The minimum Gasteiger partial charge on any atom is -0.476 e. The van der Waals surface area contributed by atoms with Gasteiger partial charge in [-0.05, 0) is 24.1 Å². The first-order valence-corrected chi connectivity index (χ1v) is 5.52. The maximum Gasteiger partial charge on any atom is 0.182 e. The van der Waals surface area contributed by atoms with Crippen LogP contribution in [0.5, 0.6) is 5.75 Å². The predicted molar refractivity (Wildman–Crippen MR) is 53.1 cm³/mol. The predicted octanol–water partition coefficient (Wildman–Crippen LogP) is 1.67. The molecule has 0 amide bonds. The van der Waals surface area contributed by atoms with Crippen molar-refractivity contribution in [3.63, 3.8) is 0 Å². The third kappa shape index (κ3) is 1.67. The molecule has 1 N–H and O–H groups in total. The zero-order valence-corrected chi connectivity index (χ0v) is 8.19. The Morgan fingerprint density at radius 1 is 1.62 bits per heavy atom. The fraction of sp³-hybridized carbons (Fsp3) is 0.333. The Hall–Kier alpha value is -1.03. The van der Waals surface area contributed by atoms with Gasteiger partial charge in [0.05, 0.1) is 5.69 Å². The third-order valence-corrected chi connectivity index (χ3v) is 2.78. The van der Waals surface area contributed by atoms with E-state index in [-0.39, 0.29) is 5.94 Å². The van der Waals surface area contributed by atoms with E-state index in [4.69, 9.17) is 4.74 Å². The lowest BCUT2D eigenvalue weighted by Gasteiger charge is -2.18. The molecule has 0 aromatic heterocycles. The molecule has 1 heterocycles. The molecule has 1 aromatic carbocycles. The molecule has 0 bridgehead atoms. The summed E-state index contributed by atoms with van der Waals surface area (Å²) in [5.74, 6) is 1.02. The van der Waals surface area contributed by atoms with Gasteiger partial charge in [-0.3, -0.25) is 4.72 Å². The van der Waals surface area contributed by atoms with Crippen LogP contribution in [0.2, 0.25) is 0 Å². The molecule has 0 radical (unpaired) electrons. The fourth-order valence-corrected chi connectivity index (χ4v) is 1.97. The highest BCUT2D eigenvalue weighted by Crippen LogP contribution is 2.29. The van der Waals surface area contributed by atoms with Crippen molar-refractivity contribution in [1.29, 1.82) is 0 Å². The van der Waals surface area contributed by atoms with Crippen molar-refractivity contribution in [1.82, 2.24) is 0 Å². The van der Waals surface area contributed by atoms with E-state index in [1.807, 2.05) is 18.2 Å². The summed E-state index contributed by atoms with van der Waals surface area (Å²) in [6.45, 7) is 2.09. The van der Waals surface area contributed by atoms with Crippen molar-refractivity contribution in [2.45, 2.75) is 13.3 Å². The number of hydrogen-bond donors (Lipinski definition) is 1. The number of nitrogens with one attached hydrogen (secondary N) is 1. The average molecular weight is 197 g/mol. The summed E-state index contributed by atoms with van der Waals surface area (Å²) in [6.07, 6.45) is 0.974. The van der Waals surface area contributed by atoms with Crippen LogP contribution in [-0.4, -0.2) is 10.1 Å². The first-order valence-electron chi connectivity index (χ1n) is 4.20. The van der Waals surface area contributed by atoms with Crippen LogP contribution in [0.25, 0.3) is 0 Å². The molecule has 1 aromatic rings. The number of ether oxygens (including phenoxy) is 1. The van der Waals surface area contributed by atoms with Crippen LogP contribution < -0.4 is 9.46 Å². The van der Waals surface area contributed by atoms with E-state index in [1.165, 1.54) is 5.56 Å². The summed E-state index contributed by atoms with van der Waals surface area (Å²) in [6, 6.07) is 5.92.